The third-order valence-corrected chi connectivity index (χ3v) is 4.33. The first-order valence-electron chi connectivity index (χ1n) is 7.50. The van der Waals surface area contributed by atoms with Crippen LogP contribution in [0.1, 0.15) is 35.3 Å². The number of aliphatic carboxylic acids is 1. The lowest BCUT2D eigenvalue weighted by Gasteiger charge is -2.40. The number of nitrogens with two attached hydrogens (primary N) is 1. The van der Waals surface area contributed by atoms with Gasteiger partial charge in [-0.15, -0.1) is 0 Å². The summed E-state index contributed by atoms with van der Waals surface area (Å²) in [5.74, 6) is -1.04. The van der Waals surface area contributed by atoms with Crippen LogP contribution >= 0.6 is 0 Å². The second-order valence-corrected chi connectivity index (χ2v) is 5.89. The number of anilines is 1. The van der Waals surface area contributed by atoms with E-state index in [0.29, 0.717) is 43.7 Å². The van der Waals surface area contributed by atoms with Crippen LogP contribution in [0, 0.1) is 12.3 Å². The number of methoxy groups -OCH3 is 1. The number of nitrogen functional groups attached to an aromatic ring is 1. The fourth-order valence-corrected chi connectivity index (χ4v) is 2.95. The first kappa shape index (κ1) is 17.1. The van der Waals surface area contributed by atoms with E-state index in [-0.39, 0.29) is 18.4 Å². The number of carboxylic acid groups (broad SMARTS) is 1. The van der Waals surface area contributed by atoms with Crippen molar-refractivity contribution < 1.29 is 19.4 Å². The number of amides is 1. The molecule has 1 aliphatic rings. The molecule has 1 amide bonds. The van der Waals surface area contributed by atoms with E-state index in [4.69, 9.17) is 10.5 Å². The van der Waals surface area contributed by atoms with Crippen molar-refractivity contribution in [1.82, 2.24) is 14.9 Å². The number of piperidine rings is 1. The van der Waals surface area contributed by atoms with Gasteiger partial charge in [0.1, 0.15) is 0 Å². The summed E-state index contributed by atoms with van der Waals surface area (Å²) in [4.78, 5) is 33.9. The van der Waals surface area contributed by atoms with Crippen LogP contribution in [-0.2, 0) is 9.53 Å². The minimum Gasteiger partial charge on any atom is -0.481 e. The Kier molecular flexibility index (Phi) is 5.15. The normalized spacial score (nSPS) is 21.2. The molecule has 0 radical (unpaired) electrons. The van der Waals surface area contributed by atoms with E-state index < -0.39 is 11.4 Å². The van der Waals surface area contributed by atoms with Gasteiger partial charge in [0.15, 0.2) is 0 Å². The summed E-state index contributed by atoms with van der Waals surface area (Å²) < 4.78 is 5.03. The quantitative estimate of drug-likeness (QED) is 0.819. The number of carbonyl (C=O) groups is 2. The molecule has 0 spiro atoms. The summed E-state index contributed by atoms with van der Waals surface area (Å²) >= 11 is 0. The van der Waals surface area contributed by atoms with Gasteiger partial charge in [0.05, 0.1) is 16.7 Å². The van der Waals surface area contributed by atoms with Gasteiger partial charge in [-0.2, -0.15) is 0 Å². The molecule has 0 aromatic carbocycles. The van der Waals surface area contributed by atoms with Gasteiger partial charge in [0.25, 0.3) is 5.91 Å². The summed E-state index contributed by atoms with van der Waals surface area (Å²) in [6.07, 6.45) is 2.94. The van der Waals surface area contributed by atoms with Gasteiger partial charge in [-0.05, 0) is 26.2 Å². The molecule has 1 fully saturated rings. The first-order valence-corrected chi connectivity index (χ1v) is 7.50. The topological polar surface area (TPSA) is 119 Å². The zero-order valence-corrected chi connectivity index (χ0v) is 13.4. The summed E-state index contributed by atoms with van der Waals surface area (Å²) in [6.45, 7) is 2.71. The van der Waals surface area contributed by atoms with Gasteiger partial charge in [0.2, 0.25) is 5.95 Å². The van der Waals surface area contributed by atoms with Crippen LogP contribution in [0.5, 0.6) is 0 Å². The van der Waals surface area contributed by atoms with E-state index in [9.17, 15) is 14.7 Å². The van der Waals surface area contributed by atoms with Gasteiger partial charge in [0, 0.05) is 33.0 Å². The Morgan fingerprint density at radius 1 is 1.52 bits per heavy atom. The largest absolute Gasteiger partial charge is 0.481 e. The van der Waals surface area contributed by atoms with Gasteiger partial charge >= 0.3 is 5.97 Å². The summed E-state index contributed by atoms with van der Waals surface area (Å²) in [5, 5.41) is 9.64. The van der Waals surface area contributed by atoms with Crippen LogP contribution in [0.4, 0.5) is 5.95 Å². The number of ether oxygens (including phenoxy) is 1. The standard InChI is InChI=1S/C15H22N4O4/c1-10-11(8-17-14(16)18-10)12(20)19-6-3-4-15(9-19,13(21)22)5-7-23-2/h8H,3-7,9H2,1-2H3,(H,21,22)(H2,16,17,18)/t15-/m0/s1. The fraction of sp³-hybridized carbons (Fsp3) is 0.600. The number of carbonyl (C=O) groups excluding carboxylic acids is 1. The summed E-state index contributed by atoms with van der Waals surface area (Å²) in [5.41, 5.74) is 5.38. The third kappa shape index (κ3) is 3.58. The highest BCUT2D eigenvalue weighted by molar-refractivity contribution is 5.95. The van der Waals surface area contributed by atoms with Crippen molar-refractivity contribution in [2.75, 3.05) is 32.5 Å². The molecule has 1 aromatic rings. The number of likely N-dealkylation sites (tertiary alicyclic amines) is 1. The Bertz CT molecular complexity index is 607. The Labute approximate surface area is 134 Å². The number of rotatable bonds is 5. The average Bonchev–Trinajstić information content (AvgIpc) is 2.52. The van der Waals surface area contributed by atoms with E-state index in [2.05, 4.69) is 9.97 Å². The van der Waals surface area contributed by atoms with E-state index in [0.717, 1.165) is 0 Å². The predicted molar refractivity (Wildman–Crippen MR) is 82.9 cm³/mol. The number of hydrogen-bond acceptors (Lipinski definition) is 6. The second kappa shape index (κ2) is 6.91. The van der Waals surface area contributed by atoms with Crippen molar-refractivity contribution >= 4 is 17.8 Å². The lowest BCUT2D eigenvalue weighted by Crippen LogP contribution is -2.50. The van der Waals surface area contributed by atoms with Crippen molar-refractivity contribution in [3.63, 3.8) is 0 Å². The van der Waals surface area contributed by atoms with Crippen LogP contribution in [0.15, 0.2) is 6.20 Å². The molecule has 1 atom stereocenters. The molecule has 0 aliphatic carbocycles. The van der Waals surface area contributed by atoms with Crippen molar-refractivity contribution in [2.24, 2.45) is 5.41 Å². The number of aromatic nitrogens is 2. The van der Waals surface area contributed by atoms with Crippen LogP contribution in [0.3, 0.4) is 0 Å². The molecular formula is C15H22N4O4. The fourth-order valence-electron chi connectivity index (χ4n) is 2.95. The van der Waals surface area contributed by atoms with Crippen LogP contribution in [0.25, 0.3) is 0 Å². The van der Waals surface area contributed by atoms with Gasteiger partial charge < -0.3 is 20.5 Å². The highest BCUT2D eigenvalue weighted by Gasteiger charge is 2.43. The number of aryl methyl sites for hydroxylation is 1. The lowest BCUT2D eigenvalue weighted by atomic mass is 9.77. The summed E-state index contributed by atoms with van der Waals surface area (Å²) in [7, 11) is 1.54. The van der Waals surface area contributed by atoms with Crippen LogP contribution in [-0.4, -0.2) is 58.7 Å². The minimum atomic E-state index is -0.966. The monoisotopic (exact) mass is 322 g/mol. The zero-order chi connectivity index (χ0) is 17.0. The smallest absolute Gasteiger partial charge is 0.311 e. The number of carboxylic acids is 1. The molecule has 1 aromatic heterocycles. The Morgan fingerprint density at radius 2 is 2.26 bits per heavy atom. The molecule has 3 N–H and O–H groups in total. The van der Waals surface area contributed by atoms with E-state index in [1.807, 2.05) is 0 Å². The molecule has 1 aliphatic heterocycles. The third-order valence-electron chi connectivity index (χ3n) is 4.33. The number of hydrogen-bond donors (Lipinski definition) is 2. The van der Waals surface area contributed by atoms with Crippen molar-refractivity contribution in [1.29, 1.82) is 0 Å². The number of nitrogens with zero attached hydrogens (tertiary/aromatic N) is 3. The van der Waals surface area contributed by atoms with Crippen molar-refractivity contribution in [3.05, 3.63) is 17.5 Å². The maximum Gasteiger partial charge on any atom is 0.311 e. The van der Waals surface area contributed by atoms with Gasteiger partial charge in [-0.1, -0.05) is 0 Å². The SMILES string of the molecule is COCC[C@@]1(C(=O)O)CCCN(C(=O)c2cnc(N)nc2C)C1. The maximum atomic E-state index is 12.7. The molecule has 126 valence electrons. The molecule has 1 saturated heterocycles. The predicted octanol–water partition coefficient (Wildman–Crippen LogP) is 0.711. The zero-order valence-electron chi connectivity index (χ0n) is 13.4. The van der Waals surface area contributed by atoms with E-state index >= 15 is 0 Å². The Hall–Kier alpha value is -2.22. The first-order chi connectivity index (χ1) is 10.9. The minimum absolute atomic E-state index is 0.109. The van der Waals surface area contributed by atoms with Crippen molar-refractivity contribution in [2.45, 2.75) is 26.2 Å². The lowest BCUT2D eigenvalue weighted by molar-refractivity contribution is -0.153. The maximum absolute atomic E-state index is 12.7. The van der Waals surface area contributed by atoms with E-state index in [1.54, 1.807) is 11.8 Å². The van der Waals surface area contributed by atoms with Crippen LogP contribution in [0.2, 0.25) is 0 Å². The molecule has 2 heterocycles. The van der Waals surface area contributed by atoms with Crippen molar-refractivity contribution in [3.8, 4) is 0 Å². The summed E-state index contributed by atoms with van der Waals surface area (Å²) in [6, 6.07) is 0. The Morgan fingerprint density at radius 3 is 2.87 bits per heavy atom. The molecular weight excluding hydrogens is 300 g/mol. The van der Waals surface area contributed by atoms with Crippen LogP contribution < -0.4 is 5.73 Å². The average molecular weight is 322 g/mol. The highest BCUT2D eigenvalue weighted by atomic mass is 16.5. The molecule has 23 heavy (non-hydrogen) atoms. The highest BCUT2D eigenvalue weighted by Crippen LogP contribution is 2.34. The van der Waals surface area contributed by atoms with Gasteiger partial charge in [-0.25, -0.2) is 9.97 Å². The van der Waals surface area contributed by atoms with Gasteiger partial charge in [-0.3, -0.25) is 9.59 Å². The second-order valence-electron chi connectivity index (χ2n) is 5.89. The molecule has 0 saturated carbocycles. The Balaban J connectivity index is 2.22. The van der Waals surface area contributed by atoms with E-state index in [1.165, 1.54) is 13.3 Å². The molecule has 8 heteroatoms. The molecule has 0 bridgehead atoms. The molecule has 2 rings (SSSR count). The molecule has 8 nitrogen and oxygen atoms in total. The molecule has 0 unspecified atom stereocenters.